The first-order valence-corrected chi connectivity index (χ1v) is 37.8. The summed E-state index contributed by atoms with van der Waals surface area (Å²) in [7, 11) is 1.81. The number of nitrogens with one attached hydrogen (secondary N) is 12. The van der Waals surface area contributed by atoms with Crippen LogP contribution in [-0.2, 0) is 73.5 Å². The molecule has 1 aliphatic rings. The first-order chi connectivity index (χ1) is 49.4. The molecule has 2 rings (SSSR count). The van der Waals surface area contributed by atoms with E-state index in [-0.39, 0.29) is 93.5 Å². The summed E-state index contributed by atoms with van der Waals surface area (Å²) in [5, 5.41) is 41.9. The fourth-order valence-corrected chi connectivity index (χ4v) is 12.9. The number of aliphatic hydroxyl groups is 1. The van der Waals surface area contributed by atoms with Crippen molar-refractivity contribution in [2.75, 3.05) is 37.7 Å². The lowest BCUT2D eigenvalue weighted by Gasteiger charge is -2.30. The molecule has 1 fully saturated rings. The van der Waals surface area contributed by atoms with Crippen LogP contribution in [-0.4, -0.2) is 210 Å². The zero-order valence-corrected chi connectivity index (χ0v) is 63.5. The van der Waals surface area contributed by atoms with Gasteiger partial charge in [-0.05, 0) is 86.5 Å². The highest BCUT2D eigenvalue weighted by Crippen LogP contribution is 2.25. The van der Waals surface area contributed by atoms with Gasteiger partial charge < -0.3 is 109 Å². The van der Waals surface area contributed by atoms with Crippen LogP contribution in [0.4, 0.5) is 0 Å². The second kappa shape index (κ2) is 48.1. The molecule has 0 saturated carbocycles. The van der Waals surface area contributed by atoms with Gasteiger partial charge in [0.05, 0.1) is 19.2 Å². The van der Waals surface area contributed by atoms with E-state index in [4.69, 9.17) is 40.1 Å². The Labute approximate surface area is 621 Å². The van der Waals surface area contributed by atoms with Crippen LogP contribution in [0.25, 0.3) is 0 Å². The fraction of sp³-hybridized carbons (Fsp3) is 0.672. The Hall–Kier alpha value is -9.04. The SMILES string of the molecule is CC[C@H](C)[C@@H]1NC(=O)[C@@H](NC(=O)[C@@H](NC(=O)[C@@H](N)CCCN=C(N)N)[C@@H](C)CC)CSSC[C@@H](C(=O)N[C@@H](CCC(N)=O)C(=O)N[C@@H](CC(C)C)C(=O)N[C@@H](CO)C(=O)N[C@@H](CCCN=C(N)N)C(=O)N[C@@H](CC(C)C)C(N)=O)NC(=O)[C@H](Cc2ccccc2)NC(=O)[C@H](CC(C)C)NC(=O)CNC1=O. The molecule has 0 spiro atoms. The number of nitrogens with zero attached hydrogens (tertiary/aromatic N) is 2. The van der Waals surface area contributed by atoms with Crippen LogP contribution in [0, 0.1) is 29.6 Å². The number of aliphatic hydroxyl groups excluding tert-OH is 1. The number of benzene rings is 1. The van der Waals surface area contributed by atoms with Crippen molar-refractivity contribution in [3.63, 3.8) is 0 Å². The predicted molar refractivity (Wildman–Crippen MR) is 399 cm³/mol. The largest absolute Gasteiger partial charge is 0.394 e. The number of rotatable bonds is 39. The van der Waals surface area contributed by atoms with Crippen LogP contribution >= 0.6 is 21.6 Å². The summed E-state index contributed by atoms with van der Waals surface area (Å²) >= 11 is 0. The Balaban J connectivity index is 2.83. The van der Waals surface area contributed by atoms with Crippen LogP contribution in [0.5, 0.6) is 0 Å². The molecule has 0 aliphatic carbocycles. The fourth-order valence-electron chi connectivity index (χ4n) is 10.6. The molecule has 1 heterocycles. The highest BCUT2D eigenvalue weighted by molar-refractivity contribution is 8.76. The van der Waals surface area contributed by atoms with E-state index in [9.17, 15) is 67.4 Å². The van der Waals surface area contributed by atoms with E-state index >= 15 is 4.79 Å². The number of amides is 14. The first-order valence-electron chi connectivity index (χ1n) is 35.4. The highest BCUT2D eigenvalue weighted by atomic mass is 33.1. The molecule has 14 amide bonds. The molecule has 1 aromatic carbocycles. The van der Waals surface area contributed by atoms with E-state index in [2.05, 4.69) is 73.8 Å². The minimum Gasteiger partial charge on any atom is -0.394 e. The highest BCUT2D eigenvalue weighted by Gasteiger charge is 2.38. The summed E-state index contributed by atoms with van der Waals surface area (Å²) in [6.07, 6.45) is 0.00499. The van der Waals surface area contributed by atoms with Gasteiger partial charge in [0, 0.05) is 37.4 Å². The Morgan fingerprint density at radius 1 is 0.562 bits per heavy atom. The van der Waals surface area contributed by atoms with Crippen molar-refractivity contribution in [3.8, 4) is 0 Å². The Morgan fingerprint density at radius 3 is 1.65 bits per heavy atom. The molecule has 0 unspecified atom stereocenters. The van der Waals surface area contributed by atoms with Gasteiger partial charge in [0.15, 0.2) is 11.9 Å². The normalized spacial score (nSPS) is 19.7. The van der Waals surface area contributed by atoms with Crippen molar-refractivity contribution in [3.05, 3.63) is 35.9 Å². The molecule has 1 aliphatic heterocycles. The maximum absolute atomic E-state index is 15.1. The van der Waals surface area contributed by atoms with Gasteiger partial charge in [0.25, 0.3) is 0 Å². The molecule has 38 heteroatoms. The van der Waals surface area contributed by atoms with E-state index in [1.54, 1.807) is 99.6 Å². The molecule has 1 aromatic rings. The number of hydrogen-bond donors (Lipinski definition) is 20. The zero-order chi connectivity index (χ0) is 79.2. The van der Waals surface area contributed by atoms with Crippen LogP contribution in [0.3, 0.4) is 0 Å². The number of carbonyl (C=O) groups is 14. The molecule has 590 valence electrons. The summed E-state index contributed by atoms with van der Waals surface area (Å²) in [4.78, 5) is 205. The molecule has 27 N–H and O–H groups in total. The van der Waals surface area contributed by atoms with Gasteiger partial charge >= 0.3 is 0 Å². The molecule has 36 nitrogen and oxygen atoms in total. The monoisotopic (exact) mass is 1520 g/mol. The van der Waals surface area contributed by atoms with Crippen LogP contribution < -0.4 is 104 Å². The summed E-state index contributed by atoms with van der Waals surface area (Å²) in [5.74, 6) is -15.6. The summed E-state index contributed by atoms with van der Waals surface area (Å²) in [5.41, 5.74) is 39.8. The van der Waals surface area contributed by atoms with E-state index in [1.165, 1.54) is 0 Å². The number of hydrogen-bond acceptors (Lipinski definition) is 20. The Kier molecular flexibility index (Phi) is 42.2. The lowest BCUT2D eigenvalue weighted by Crippen LogP contribution is -2.61. The van der Waals surface area contributed by atoms with E-state index in [1.807, 2.05) is 0 Å². The first kappa shape index (κ1) is 92.0. The van der Waals surface area contributed by atoms with Gasteiger partial charge in [-0.25, -0.2) is 0 Å². The number of carbonyl (C=O) groups excluding carboxylic acids is 14. The maximum atomic E-state index is 15.1. The topological polar surface area (TPSA) is 610 Å². The summed E-state index contributed by atoms with van der Waals surface area (Å²) in [6, 6.07) is -8.78. The molecule has 14 atom stereocenters. The van der Waals surface area contributed by atoms with Crippen molar-refractivity contribution in [1.29, 1.82) is 0 Å². The lowest BCUT2D eigenvalue weighted by atomic mass is 9.96. The Bertz CT molecular complexity index is 3120. The standard InChI is InChI=1S/C67H115N21O15S2/c1-11-37(9)52-64(102)77-30-51(91)78-44(27-35(5)6)58(96)83-46(29-39-18-14-13-15-19-39)60(98)85-48(32-104-105-33-49(63(101)88-52)86-65(103)53(38(10)12-2)87-55(93)40(68)20-16-24-75-66(71)72)62(100)80-42(22-23-50(69)90)57(95)82-45(28-36(7)8)59(97)84-47(31-89)61(99)79-41(21-17-25-76-67(73)74)56(94)81-43(54(70)92)26-34(3)4/h13-15,18-19,34-38,40-49,52-53,89H,11-12,16-17,20-33,68H2,1-10H3,(H2,69,90)(H2,70,92)(H,77,102)(H,78,91)(H,79,99)(H,80,100)(H,81,94)(H,82,95)(H,83,96)(H,84,97)(H,85,98)(H,86,103)(H,87,93)(H,88,101)(H4,71,72,75)(H4,73,74,76)/t37-,38-,40-,41-,42-,43-,44-,45-,46-,47-,48-,49-,52-,53-/m0/s1. The average molecular weight is 1520 g/mol. The summed E-state index contributed by atoms with van der Waals surface area (Å²) < 4.78 is 0. The van der Waals surface area contributed by atoms with Crippen molar-refractivity contribution in [2.45, 2.75) is 219 Å². The second-order valence-electron chi connectivity index (χ2n) is 27.3. The van der Waals surface area contributed by atoms with Gasteiger partial charge in [-0.3, -0.25) is 77.1 Å². The van der Waals surface area contributed by atoms with Crippen molar-refractivity contribution in [1.82, 2.24) is 63.8 Å². The summed E-state index contributed by atoms with van der Waals surface area (Å²) in [6.45, 7) is 15.9. The van der Waals surface area contributed by atoms with E-state index in [0.717, 1.165) is 21.6 Å². The molecular weight excluding hydrogens is 1400 g/mol. The third-order valence-electron chi connectivity index (χ3n) is 16.8. The van der Waals surface area contributed by atoms with Gasteiger partial charge in [-0.1, -0.05) is 134 Å². The van der Waals surface area contributed by atoms with E-state index < -0.39 is 199 Å². The minimum atomic E-state index is -1.77. The van der Waals surface area contributed by atoms with Gasteiger partial charge in [0.2, 0.25) is 82.7 Å². The number of nitrogens with two attached hydrogens (primary N) is 7. The molecule has 0 bridgehead atoms. The molecule has 0 radical (unpaired) electrons. The second-order valence-corrected chi connectivity index (χ2v) is 29.9. The third kappa shape index (κ3) is 35.5. The van der Waals surface area contributed by atoms with Crippen LogP contribution in [0.2, 0.25) is 0 Å². The zero-order valence-electron chi connectivity index (χ0n) is 61.8. The number of guanidine groups is 2. The average Bonchev–Trinajstić information content (AvgIpc) is 0.857. The molecule has 105 heavy (non-hydrogen) atoms. The molecule has 1 saturated heterocycles. The van der Waals surface area contributed by atoms with Gasteiger partial charge in [-0.2, -0.15) is 0 Å². The minimum absolute atomic E-state index is 0.0239. The Morgan fingerprint density at radius 2 is 1.10 bits per heavy atom. The third-order valence-corrected chi connectivity index (χ3v) is 19.2. The number of aliphatic imine (C=N–C) groups is 2. The quantitative estimate of drug-likeness (QED) is 0.0128. The maximum Gasteiger partial charge on any atom is 0.245 e. The predicted octanol–water partition coefficient (Wildman–Crippen LogP) is -4.52. The van der Waals surface area contributed by atoms with Crippen molar-refractivity contribution < 1.29 is 72.2 Å². The van der Waals surface area contributed by atoms with Crippen molar-refractivity contribution >= 4 is 116 Å². The lowest BCUT2D eigenvalue weighted by molar-refractivity contribution is -0.136. The van der Waals surface area contributed by atoms with E-state index in [0.29, 0.717) is 24.8 Å². The van der Waals surface area contributed by atoms with Crippen LogP contribution in [0.1, 0.15) is 145 Å². The number of primary amides is 2. The molecule has 0 aromatic heterocycles. The van der Waals surface area contributed by atoms with Gasteiger partial charge in [0.1, 0.15) is 66.5 Å². The van der Waals surface area contributed by atoms with Crippen molar-refractivity contribution in [2.24, 2.45) is 79.7 Å². The smallest absolute Gasteiger partial charge is 0.245 e. The molecular formula is C67H115N21O15S2. The van der Waals surface area contributed by atoms with Crippen LogP contribution in [0.15, 0.2) is 40.3 Å². The van der Waals surface area contributed by atoms with Gasteiger partial charge in [-0.15, -0.1) is 0 Å².